The largest absolute Gasteiger partial charge is 0.382 e. The lowest BCUT2D eigenvalue weighted by Gasteiger charge is -2.38. The second kappa shape index (κ2) is 7.87. The van der Waals surface area contributed by atoms with Gasteiger partial charge in [-0.15, -0.1) is 0 Å². The van der Waals surface area contributed by atoms with Gasteiger partial charge in [0.15, 0.2) is 5.96 Å². The van der Waals surface area contributed by atoms with Crippen molar-refractivity contribution >= 4 is 5.96 Å². The maximum Gasteiger partial charge on any atom is 0.193 e. The molecule has 0 radical (unpaired) electrons. The van der Waals surface area contributed by atoms with Crippen LogP contribution in [0.2, 0.25) is 0 Å². The van der Waals surface area contributed by atoms with E-state index in [0.29, 0.717) is 5.41 Å². The van der Waals surface area contributed by atoms with Crippen molar-refractivity contribution in [3.63, 3.8) is 0 Å². The fourth-order valence-electron chi connectivity index (χ4n) is 3.27. The molecule has 0 atom stereocenters. The Bertz CT molecular complexity index is 313. The highest BCUT2D eigenvalue weighted by molar-refractivity contribution is 5.80. The van der Waals surface area contributed by atoms with Crippen LogP contribution < -0.4 is 5.32 Å². The molecule has 20 heavy (non-hydrogen) atoms. The molecule has 1 heterocycles. The zero-order chi connectivity index (χ0) is 14.3. The lowest BCUT2D eigenvalue weighted by Crippen LogP contribution is -2.42. The van der Waals surface area contributed by atoms with Crippen LogP contribution in [0.5, 0.6) is 0 Å². The highest BCUT2D eigenvalue weighted by Crippen LogP contribution is 2.47. The van der Waals surface area contributed by atoms with Gasteiger partial charge in [-0.2, -0.15) is 0 Å². The maximum atomic E-state index is 5.36. The molecule has 4 nitrogen and oxygen atoms in total. The van der Waals surface area contributed by atoms with Crippen LogP contribution in [0.25, 0.3) is 0 Å². The van der Waals surface area contributed by atoms with Crippen molar-refractivity contribution in [1.82, 2.24) is 10.2 Å². The maximum absolute atomic E-state index is 5.36. The molecule has 1 N–H and O–H groups in total. The van der Waals surface area contributed by atoms with Crippen molar-refractivity contribution in [2.75, 3.05) is 39.4 Å². The van der Waals surface area contributed by atoms with Gasteiger partial charge in [-0.05, 0) is 51.4 Å². The smallest absolute Gasteiger partial charge is 0.193 e. The topological polar surface area (TPSA) is 36.9 Å². The Morgan fingerprint density at radius 3 is 2.70 bits per heavy atom. The quantitative estimate of drug-likeness (QED) is 0.443. The number of hydrogen-bond donors (Lipinski definition) is 1. The first-order chi connectivity index (χ1) is 9.79. The van der Waals surface area contributed by atoms with Gasteiger partial charge in [0.25, 0.3) is 0 Å². The van der Waals surface area contributed by atoms with Gasteiger partial charge >= 0.3 is 0 Å². The first kappa shape index (κ1) is 15.6. The van der Waals surface area contributed by atoms with E-state index in [1.807, 2.05) is 6.92 Å². The fraction of sp³-hybridized carbons (Fsp3) is 0.938. The van der Waals surface area contributed by atoms with Gasteiger partial charge in [0, 0.05) is 39.4 Å². The summed E-state index contributed by atoms with van der Waals surface area (Å²) in [5.41, 5.74) is 0.644. The first-order valence-electron chi connectivity index (χ1n) is 8.41. The molecule has 1 saturated heterocycles. The van der Waals surface area contributed by atoms with E-state index in [4.69, 9.17) is 9.73 Å². The summed E-state index contributed by atoms with van der Waals surface area (Å²) in [6, 6.07) is 0. The molecule has 0 unspecified atom stereocenters. The van der Waals surface area contributed by atoms with Gasteiger partial charge in [-0.25, -0.2) is 0 Å². The summed E-state index contributed by atoms with van der Waals surface area (Å²) in [7, 11) is 0. The van der Waals surface area contributed by atoms with E-state index in [0.717, 1.165) is 45.1 Å². The van der Waals surface area contributed by atoms with Crippen molar-refractivity contribution in [2.24, 2.45) is 10.4 Å². The average Bonchev–Trinajstić information content (AvgIpc) is 2.87. The predicted molar refractivity (Wildman–Crippen MR) is 84.2 cm³/mol. The van der Waals surface area contributed by atoms with Crippen molar-refractivity contribution in [3.8, 4) is 0 Å². The normalized spacial score (nSPS) is 21.3. The number of guanidine groups is 1. The number of hydrogen-bond acceptors (Lipinski definition) is 2. The summed E-state index contributed by atoms with van der Waals surface area (Å²) in [5, 5.41) is 3.46. The van der Waals surface area contributed by atoms with Crippen LogP contribution in [-0.4, -0.2) is 50.3 Å². The molecule has 1 aliphatic heterocycles. The van der Waals surface area contributed by atoms with Gasteiger partial charge in [-0.1, -0.05) is 6.42 Å². The van der Waals surface area contributed by atoms with Gasteiger partial charge in [0.2, 0.25) is 0 Å². The summed E-state index contributed by atoms with van der Waals surface area (Å²) in [6.07, 6.45) is 7.88. The number of nitrogens with zero attached hydrogens (tertiary/aromatic N) is 2. The van der Waals surface area contributed by atoms with Crippen LogP contribution in [0.4, 0.5) is 0 Å². The number of unbranched alkanes of at least 4 members (excludes halogenated alkanes) is 1. The van der Waals surface area contributed by atoms with Crippen molar-refractivity contribution in [1.29, 1.82) is 0 Å². The molecule has 116 valence electrons. The molecule has 1 spiro atoms. The zero-order valence-corrected chi connectivity index (χ0v) is 13.3. The summed E-state index contributed by atoms with van der Waals surface area (Å²) in [4.78, 5) is 7.27. The Balaban J connectivity index is 1.74. The number of aliphatic imine (C=N–C) groups is 1. The van der Waals surface area contributed by atoms with E-state index < -0.39 is 0 Å². The van der Waals surface area contributed by atoms with E-state index in [1.165, 1.54) is 38.8 Å². The Labute approximate surface area is 124 Å². The molecule has 0 amide bonds. The summed E-state index contributed by atoms with van der Waals surface area (Å²) in [6.45, 7) is 10.2. The van der Waals surface area contributed by atoms with Crippen molar-refractivity contribution in [3.05, 3.63) is 0 Å². The summed E-state index contributed by atoms with van der Waals surface area (Å²) >= 11 is 0. The van der Waals surface area contributed by atoms with Crippen LogP contribution in [0.1, 0.15) is 52.4 Å². The molecule has 2 aliphatic rings. The van der Waals surface area contributed by atoms with E-state index in [-0.39, 0.29) is 0 Å². The third kappa shape index (κ3) is 4.11. The second-order valence-electron chi connectivity index (χ2n) is 6.16. The molecule has 1 aliphatic carbocycles. The number of ether oxygens (including phenoxy) is 1. The van der Waals surface area contributed by atoms with Crippen LogP contribution in [0.15, 0.2) is 4.99 Å². The molecule has 0 aromatic heterocycles. The van der Waals surface area contributed by atoms with E-state index >= 15 is 0 Å². The fourth-order valence-corrected chi connectivity index (χ4v) is 3.27. The molecule has 0 bridgehead atoms. The lowest BCUT2D eigenvalue weighted by atomic mass is 9.68. The van der Waals surface area contributed by atoms with Gasteiger partial charge in [0.05, 0.1) is 0 Å². The highest BCUT2D eigenvalue weighted by Gasteiger charge is 2.43. The minimum Gasteiger partial charge on any atom is -0.382 e. The number of rotatable bonds is 7. The van der Waals surface area contributed by atoms with Gasteiger partial charge < -0.3 is 15.0 Å². The zero-order valence-electron chi connectivity index (χ0n) is 13.3. The first-order valence-corrected chi connectivity index (χ1v) is 8.41. The Hall–Kier alpha value is -0.770. The van der Waals surface area contributed by atoms with Crippen LogP contribution in [0, 0.1) is 5.41 Å². The number of nitrogens with one attached hydrogen (secondary N) is 1. The van der Waals surface area contributed by atoms with E-state index in [2.05, 4.69) is 17.1 Å². The van der Waals surface area contributed by atoms with Crippen molar-refractivity contribution < 1.29 is 4.74 Å². The Morgan fingerprint density at radius 2 is 2.10 bits per heavy atom. The summed E-state index contributed by atoms with van der Waals surface area (Å²) in [5.74, 6) is 1.13. The van der Waals surface area contributed by atoms with Crippen LogP contribution in [-0.2, 0) is 4.74 Å². The Kier molecular flexibility index (Phi) is 6.14. The Morgan fingerprint density at radius 1 is 1.25 bits per heavy atom. The molecular weight excluding hydrogens is 250 g/mol. The molecule has 0 aromatic rings. The monoisotopic (exact) mass is 281 g/mol. The highest BCUT2D eigenvalue weighted by atomic mass is 16.5. The third-order valence-corrected chi connectivity index (χ3v) is 4.65. The van der Waals surface area contributed by atoms with Gasteiger partial charge in [-0.3, -0.25) is 4.99 Å². The number of likely N-dealkylation sites (tertiary alicyclic amines) is 1. The predicted octanol–water partition coefficient (Wildman–Crippen LogP) is 2.64. The van der Waals surface area contributed by atoms with E-state index in [1.54, 1.807) is 0 Å². The van der Waals surface area contributed by atoms with Crippen LogP contribution in [0.3, 0.4) is 0 Å². The molecular formula is C16H31N3O. The molecule has 2 fully saturated rings. The standard InChI is InChI=1S/C16H31N3O/c1-3-17-15(18-11-5-6-13-20-4-2)19-12-10-16(14-19)8-7-9-16/h3-14H2,1-2H3,(H,17,18). The van der Waals surface area contributed by atoms with Gasteiger partial charge in [0.1, 0.15) is 0 Å². The minimum atomic E-state index is 0.644. The SMILES string of the molecule is CCNC(=NCCCCOCC)N1CCC2(CCC2)C1. The molecule has 0 aromatic carbocycles. The molecule has 2 rings (SSSR count). The third-order valence-electron chi connectivity index (χ3n) is 4.65. The minimum absolute atomic E-state index is 0.644. The molecule has 4 heteroatoms. The molecule has 1 saturated carbocycles. The van der Waals surface area contributed by atoms with Crippen LogP contribution >= 0.6 is 0 Å². The van der Waals surface area contributed by atoms with E-state index in [9.17, 15) is 0 Å². The second-order valence-corrected chi connectivity index (χ2v) is 6.16. The summed E-state index contributed by atoms with van der Waals surface area (Å²) < 4.78 is 5.36. The van der Waals surface area contributed by atoms with Crippen molar-refractivity contribution in [2.45, 2.75) is 52.4 Å². The lowest BCUT2D eigenvalue weighted by molar-refractivity contribution is 0.144. The average molecular weight is 281 g/mol.